The zero-order chi connectivity index (χ0) is 16.8. The van der Waals surface area contributed by atoms with Crippen molar-refractivity contribution in [3.05, 3.63) is 76.4 Å². The van der Waals surface area contributed by atoms with Gasteiger partial charge in [-0.05, 0) is 43.5 Å². The maximum absolute atomic E-state index is 12.3. The topological polar surface area (TPSA) is 52.9 Å². The fraction of sp³-hybridized carbons (Fsp3) is 0.200. The summed E-state index contributed by atoms with van der Waals surface area (Å²) in [5.74, 6) is -0.358. The van der Waals surface area contributed by atoms with Crippen molar-refractivity contribution in [1.29, 1.82) is 5.26 Å². The van der Waals surface area contributed by atoms with E-state index in [1.165, 1.54) is 0 Å². The molecule has 0 aliphatic rings. The quantitative estimate of drug-likeness (QED) is 0.683. The average Bonchev–Trinajstić information content (AvgIpc) is 2.54. The number of hydrogen-bond acceptors (Lipinski definition) is 2. The molecule has 1 amide bonds. The molecule has 0 aliphatic heterocycles. The Kier molecular flexibility index (Phi) is 5.32. The lowest BCUT2D eigenvalue weighted by molar-refractivity contribution is -0.117. The molecule has 0 saturated carbocycles. The highest BCUT2D eigenvalue weighted by atomic mass is 16.1. The first-order valence-electron chi connectivity index (χ1n) is 7.56. The summed E-state index contributed by atoms with van der Waals surface area (Å²) >= 11 is 0. The number of nitrogens with one attached hydrogen (secondary N) is 1. The zero-order valence-electron chi connectivity index (χ0n) is 13.6. The van der Waals surface area contributed by atoms with Crippen LogP contribution in [-0.2, 0) is 4.79 Å². The highest BCUT2D eigenvalue weighted by Gasteiger charge is 2.14. The van der Waals surface area contributed by atoms with Crippen molar-refractivity contribution >= 4 is 12.0 Å². The molecule has 0 unspecified atom stereocenters. The summed E-state index contributed by atoms with van der Waals surface area (Å²) in [6.45, 7) is 5.89. The van der Waals surface area contributed by atoms with Gasteiger partial charge in [-0.3, -0.25) is 4.79 Å². The van der Waals surface area contributed by atoms with E-state index in [0.717, 1.165) is 22.3 Å². The Morgan fingerprint density at radius 1 is 1.17 bits per heavy atom. The SMILES string of the molecule is Cc1ccc(/C=C(\C#N)C(=O)N[C@@H](C)c2ccccc2)c(C)c1. The monoisotopic (exact) mass is 304 g/mol. The van der Waals surface area contributed by atoms with Crippen LogP contribution in [0.2, 0.25) is 0 Å². The van der Waals surface area contributed by atoms with Crippen LogP contribution in [0.1, 0.15) is 35.2 Å². The van der Waals surface area contributed by atoms with Crippen molar-refractivity contribution in [1.82, 2.24) is 5.32 Å². The minimum absolute atomic E-state index is 0.111. The molecule has 2 aromatic rings. The molecule has 116 valence electrons. The molecule has 2 rings (SSSR count). The second-order valence-corrected chi connectivity index (χ2v) is 5.64. The van der Waals surface area contributed by atoms with Crippen LogP contribution in [0, 0.1) is 25.2 Å². The van der Waals surface area contributed by atoms with Gasteiger partial charge in [-0.25, -0.2) is 0 Å². The molecule has 3 heteroatoms. The fourth-order valence-electron chi connectivity index (χ4n) is 2.39. The Hall–Kier alpha value is -2.86. The predicted molar refractivity (Wildman–Crippen MR) is 92.5 cm³/mol. The largest absolute Gasteiger partial charge is 0.345 e. The van der Waals surface area contributed by atoms with E-state index in [9.17, 15) is 10.1 Å². The Morgan fingerprint density at radius 3 is 2.48 bits per heavy atom. The molecule has 3 nitrogen and oxygen atoms in total. The minimum atomic E-state index is -0.358. The summed E-state index contributed by atoms with van der Waals surface area (Å²) in [6.07, 6.45) is 1.64. The molecule has 1 atom stereocenters. The van der Waals surface area contributed by atoms with Gasteiger partial charge < -0.3 is 5.32 Å². The average molecular weight is 304 g/mol. The van der Waals surface area contributed by atoms with E-state index in [1.807, 2.05) is 75.4 Å². The van der Waals surface area contributed by atoms with Gasteiger partial charge in [-0.1, -0.05) is 54.1 Å². The first-order valence-corrected chi connectivity index (χ1v) is 7.56. The van der Waals surface area contributed by atoms with Crippen molar-refractivity contribution in [2.75, 3.05) is 0 Å². The van der Waals surface area contributed by atoms with Crippen molar-refractivity contribution in [2.24, 2.45) is 0 Å². The van der Waals surface area contributed by atoms with Crippen molar-refractivity contribution in [3.63, 3.8) is 0 Å². The maximum atomic E-state index is 12.3. The molecule has 0 saturated heterocycles. The van der Waals surface area contributed by atoms with Gasteiger partial charge in [-0.15, -0.1) is 0 Å². The summed E-state index contributed by atoms with van der Waals surface area (Å²) in [7, 11) is 0. The van der Waals surface area contributed by atoms with Gasteiger partial charge in [-0.2, -0.15) is 5.26 Å². The Morgan fingerprint density at radius 2 is 1.87 bits per heavy atom. The smallest absolute Gasteiger partial charge is 0.262 e. The number of carbonyl (C=O) groups is 1. The number of benzene rings is 2. The van der Waals surface area contributed by atoms with E-state index < -0.39 is 0 Å². The highest BCUT2D eigenvalue weighted by Crippen LogP contribution is 2.16. The standard InChI is InChI=1S/C20H20N2O/c1-14-9-10-18(15(2)11-14)12-19(13-21)20(23)22-16(3)17-7-5-4-6-8-17/h4-12,16H,1-3H3,(H,22,23)/b19-12+/t16-/m0/s1. The number of nitriles is 1. The third kappa shape index (κ3) is 4.31. The Labute approximate surface area is 137 Å². The number of aryl methyl sites for hydroxylation is 2. The van der Waals surface area contributed by atoms with E-state index in [0.29, 0.717) is 0 Å². The highest BCUT2D eigenvalue weighted by molar-refractivity contribution is 6.02. The molecule has 1 N–H and O–H groups in total. The molecule has 0 bridgehead atoms. The first-order chi connectivity index (χ1) is 11.0. The first kappa shape index (κ1) is 16.5. The third-order valence-corrected chi connectivity index (χ3v) is 3.74. The number of hydrogen-bond donors (Lipinski definition) is 1. The summed E-state index contributed by atoms with van der Waals surface area (Å²) in [6, 6.07) is 17.5. The van der Waals surface area contributed by atoms with Crippen molar-refractivity contribution in [3.8, 4) is 6.07 Å². The second kappa shape index (κ2) is 7.42. The summed E-state index contributed by atoms with van der Waals surface area (Å²) in [5, 5.41) is 12.2. The molecule has 0 radical (unpaired) electrons. The Bertz CT molecular complexity index is 770. The van der Waals surface area contributed by atoms with Crippen molar-refractivity contribution in [2.45, 2.75) is 26.8 Å². The lowest BCUT2D eigenvalue weighted by atomic mass is 10.0. The van der Waals surface area contributed by atoms with Crippen LogP contribution in [-0.4, -0.2) is 5.91 Å². The lowest BCUT2D eigenvalue weighted by Gasteiger charge is -2.14. The number of nitrogens with zero attached hydrogens (tertiary/aromatic N) is 1. The van der Waals surface area contributed by atoms with E-state index in [1.54, 1.807) is 6.08 Å². The maximum Gasteiger partial charge on any atom is 0.262 e. The van der Waals surface area contributed by atoms with Crippen LogP contribution in [0.4, 0.5) is 0 Å². The van der Waals surface area contributed by atoms with E-state index in [2.05, 4.69) is 5.32 Å². The minimum Gasteiger partial charge on any atom is -0.345 e. The summed E-state index contributed by atoms with van der Waals surface area (Å²) in [5.41, 5.74) is 4.20. The van der Waals surface area contributed by atoms with Gasteiger partial charge >= 0.3 is 0 Å². The van der Waals surface area contributed by atoms with Gasteiger partial charge in [0.25, 0.3) is 5.91 Å². The molecule has 0 aromatic heterocycles. The normalized spacial score (nSPS) is 12.3. The molecule has 0 aliphatic carbocycles. The van der Waals surface area contributed by atoms with Gasteiger partial charge in [0.1, 0.15) is 11.6 Å². The molecule has 23 heavy (non-hydrogen) atoms. The van der Waals surface area contributed by atoms with Crippen LogP contribution < -0.4 is 5.32 Å². The van der Waals surface area contributed by atoms with Gasteiger partial charge in [0.05, 0.1) is 6.04 Å². The predicted octanol–water partition coefficient (Wildman–Crippen LogP) is 4.09. The fourth-order valence-corrected chi connectivity index (χ4v) is 2.39. The van der Waals surface area contributed by atoms with Crippen molar-refractivity contribution < 1.29 is 4.79 Å². The Balaban J connectivity index is 2.19. The van der Waals surface area contributed by atoms with Crippen LogP contribution in [0.25, 0.3) is 6.08 Å². The molecular weight excluding hydrogens is 284 g/mol. The lowest BCUT2D eigenvalue weighted by Crippen LogP contribution is -2.27. The van der Waals surface area contributed by atoms with Crippen LogP contribution >= 0.6 is 0 Å². The van der Waals surface area contributed by atoms with E-state index >= 15 is 0 Å². The van der Waals surface area contributed by atoms with Gasteiger partial charge in [0.15, 0.2) is 0 Å². The molecule has 2 aromatic carbocycles. The molecule has 0 spiro atoms. The molecular formula is C20H20N2O. The second-order valence-electron chi connectivity index (χ2n) is 5.64. The number of amides is 1. The van der Waals surface area contributed by atoms with Crippen LogP contribution in [0.3, 0.4) is 0 Å². The van der Waals surface area contributed by atoms with Crippen LogP contribution in [0.15, 0.2) is 54.1 Å². The van der Waals surface area contributed by atoms with Crippen LogP contribution in [0.5, 0.6) is 0 Å². The van der Waals surface area contributed by atoms with Gasteiger partial charge in [0.2, 0.25) is 0 Å². The molecule has 0 heterocycles. The summed E-state index contributed by atoms with van der Waals surface area (Å²) < 4.78 is 0. The number of carbonyl (C=O) groups excluding carboxylic acids is 1. The zero-order valence-corrected chi connectivity index (χ0v) is 13.6. The van der Waals surface area contributed by atoms with E-state index in [4.69, 9.17) is 0 Å². The number of rotatable bonds is 4. The van der Waals surface area contributed by atoms with Gasteiger partial charge in [0, 0.05) is 0 Å². The molecule has 0 fully saturated rings. The summed E-state index contributed by atoms with van der Waals surface area (Å²) in [4.78, 5) is 12.3. The van der Waals surface area contributed by atoms with E-state index in [-0.39, 0.29) is 17.5 Å². The third-order valence-electron chi connectivity index (χ3n) is 3.74.